The molecule has 0 saturated carbocycles. The average Bonchev–Trinajstić information content (AvgIpc) is 3.08. The summed E-state index contributed by atoms with van der Waals surface area (Å²) in [5.41, 5.74) is 0.545. The molecule has 0 aliphatic heterocycles. The number of hydrogen-bond acceptors (Lipinski definition) is 4. The molecule has 1 unspecified atom stereocenters. The molecule has 2 aromatic rings. The van der Waals surface area contributed by atoms with E-state index in [9.17, 15) is 9.59 Å². The number of rotatable bonds is 7. The topological polar surface area (TPSA) is 67.4 Å². The zero-order chi connectivity index (χ0) is 18.4. The lowest BCUT2D eigenvalue weighted by atomic mass is 10.2. The van der Waals surface area contributed by atoms with Crippen LogP contribution in [0.25, 0.3) is 0 Å². The Hall–Kier alpha value is -2.05. The van der Waals surface area contributed by atoms with Gasteiger partial charge in [0.2, 0.25) is 5.91 Å². The molecule has 5 nitrogen and oxygen atoms in total. The molecule has 0 saturated heterocycles. The molecule has 25 heavy (non-hydrogen) atoms. The Balaban J connectivity index is 1.93. The zero-order valence-electron chi connectivity index (χ0n) is 14.3. The van der Waals surface area contributed by atoms with Crippen molar-refractivity contribution in [2.45, 2.75) is 26.8 Å². The highest BCUT2D eigenvalue weighted by Gasteiger charge is 2.17. The minimum atomic E-state index is -0.676. The molecule has 134 valence electrons. The standard InChI is InChI=1S/C18H21ClN2O3S/c1-11(2)10-24-15-7-6-13(9-14(15)19)21-17(22)12(3)20-18(23)16-5-4-8-25-16/h4-9,11-12H,10H2,1-3H3,(H,20,23)(H,21,22). The molecule has 2 N–H and O–H groups in total. The first kappa shape index (κ1) is 19.3. The van der Waals surface area contributed by atoms with E-state index in [2.05, 4.69) is 10.6 Å². The van der Waals surface area contributed by atoms with Crippen molar-refractivity contribution in [1.29, 1.82) is 0 Å². The molecular formula is C18H21ClN2O3S. The van der Waals surface area contributed by atoms with Gasteiger partial charge in [-0.3, -0.25) is 9.59 Å². The first-order valence-corrected chi connectivity index (χ1v) is 9.20. The molecule has 0 bridgehead atoms. The summed E-state index contributed by atoms with van der Waals surface area (Å²) < 4.78 is 5.60. The summed E-state index contributed by atoms with van der Waals surface area (Å²) in [5, 5.41) is 7.63. The Bertz CT molecular complexity index is 732. The summed E-state index contributed by atoms with van der Waals surface area (Å²) in [6.07, 6.45) is 0. The van der Waals surface area contributed by atoms with Crippen molar-refractivity contribution >= 4 is 40.4 Å². The van der Waals surface area contributed by atoms with Crippen molar-refractivity contribution < 1.29 is 14.3 Å². The van der Waals surface area contributed by atoms with Gasteiger partial charge in [0.1, 0.15) is 11.8 Å². The van der Waals surface area contributed by atoms with Crippen molar-refractivity contribution in [2.75, 3.05) is 11.9 Å². The highest BCUT2D eigenvalue weighted by molar-refractivity contribution is 7.12. The SMILES string of the molecule is CC(C)COc1ccc(NC(=O)C(C)NC(=O)c2cccs2)cc1Cl. The van der Waals surface area contributed by atoms with Gasteiger partial charge in [-0.2, -0.15) is 0 Å². The second-order valence-electron chi connectivity index (χ2n) is 6.01. The van der Waals surface area contributed by atoms with Crippen LogP contribution in [-0.4, -0.2) is 24.5 Å². The molecular weight excluding hydrogens is 360 g/mol. The number of nitrogens with one attached hydrogen (secondary N) is 2. The molecule has 1 aromatic heterocycles. The third kappa shape index (κ3) is 5.76. The number of benzene rings is 1. The Kier molecular flexibility index (Phi) is 6.84. The molecule has 1 heterocycles. The second-order valence-corrected chi connectivity index (χ2v) is 7.37. The molecule has 1 aromatic carbocycles. The van der Waals surface area contributed by atoms with Gasteiger partial charge in [-0.25, -0.2) is 0 Å². The fourth-order valence-corrected chi connectivity index (χ4v) is 2.81. The fraction of sp³-hybridized carbons (Fsp3) is 0.333. The third-order valence-corrected chi connectivity index (χ3v) is 4.42. The first-order chi connectivity index (χ1) is 11.9. The van der Waals surface area contributed by atoms with Crippen molar-refractivity contribution in [2.24, 2.45) is 5.92 Å². The van der Waals surface area contributed by atoms with Crippen LogP contribution in [0.15, 0.2) is 35.7 Å². The Labute approximate surface area is 156 Å². The smallest absolute Gasteiger partial charge is 0.261 e. The van der Waals surface area contributed by atoms with Crippen molar-refractivity contribution in [1.82, 2.24) is 5.32 Å². The minimum Gasteiger partial charge on any atom is -0.492 e. The summed E-state index contributed by atoms with van der Waals surface area (Å²) in [5.74, 6) is 0.376. The van der Waals surface area contributed by atoms with Gasteiger partial charge in [0.15, 0.2) is 0 Å². The van der Waals surface area contributed by atoms with Gasteiger partial charge in [0, 0.05) is 5.69 Å². The Morgan fingerprint density at radius 1 is 1.24 bits per heavy atom. The maximum atomic E-state index is 12.2. The summed E-state index contributed by atoms with van der Waals surface area (Å²) >= 11 is 7.51. The number of thiophene rings is 1. The summed E-state index contributed by atoms with van der Waals surface area (Å²) in [6.45, 7) is 6.29. The molecule has 0 spiro atoms. The summed E-state index contributed by atoms with van der Waals surface area (Å²) in [7, 11) is 0. The largest absolute Gasteiger partial charge is 0.492 e. The van der Waals surface area contributed by atoms with Gasteiger partial charge in [-0.1, -0.05) is 31.5 Å². The van der Waals surface area contributed by atoms with E-state index < -0.39 is 6.04 Å². The zero-order valence-corrected chi connectivity index (χ0v) is 15.9. The van der Waals surface area contributed by atoms with Gasteiger partial charge >= 0.3 is 0 Å². The van der Waals surface area contributed by atoms with E-state index in [1.165, 1.54) is 11.3 Å². The second kappa shape index (κ2) is 8.87. The number of carbonyl (C=O) groups excluding carboxylic acids is 2. The maximum Gasteiger partial charge on any atom is 0.261 e. The molecule has 0 aliphatic rings. The predicted molar refractivity (Wildman–Crippen MR) is 102 cm³/mol. The van der Waals surface area contributed by atoms with Gasteiger partial charge in [0.05, 0.1) is 16.5 Å². The van der Waals surface area contributed by atoms with Crippen molar-refractivity contribution in [3.05, 3.63) is 45.6 Å². The molecule has 0 aliphatic carbocycles. The van der Waals surface area contributed by atoms with Gasteiger partial charge in [0.25, 0.3) is 5.91 Å². The number of halogens is 1. The van der Waals surface area contributed by atoms with Crippen LogP contribution in [0.2, 0.25) is 5.02 Å². The summed E-state index contributed by atoms with van der Waals surface area (Å²) in [6, 6.07) is 7.88. The number of ether oxygens (including phenoxy) is 1. The van der Waals surface area contributed by atoms with Crippen LogP contribution in [0.1, 0.15) is 30.4 Å². The van der Waals surface area contributed by atoms with Crippen LogP contribution >= 0.6 is 22.9 Å². The number of carbonyl (C=O) groups is 2. The van der Waals surface area contributed by atoms with E-state index in [4.69, 9.17) is 16.3 Å². The Morgan fingerprint density at radius 3 is 2.60 bits per heavy atom. The highest BCUT2D eigenvalue weighted by atomic mass is 35.5. The highest BCUT2D eigenvalue weighted by Crippen LogP contribution is 2.28. The van der Waals surface area contributed by atoms with Crippen LogP contribution in [0, 0.1) is 5.92 Å². The molecule has 2 rings (SSSR count). The molecule has 0 radical (unpaired) electrons. The molecule has 7 heteroatoms. The number of anilines is 1. The van der Waals surface area contributed by atoms with E-state index in [0.29, 0.717) is 33.9 Å². The van der Waals surface area contributed by atoms with E-state index >= 15 is 0 Å². The van der Waals surface area contributed by atoms with Crippen LogP contribution in [-0.2, 0) is 4.79 Å². The van der Waals surface area contributed by atoms with Crippen LogP contribution in [0.4, 0.5) is 5.69 Å². The van der Waals surface area contributed by atoms with Crippen LogP contribution < -0.4 is 15.4 Å². The molecule has 0 fully saturated rings. The van der Waals surface area contributed by atoms with Gasteiger partial charge in [-0.15, -0.1) is 11.3 Å². The predicted octanol–water partition coefficient (Wildman–Crippen LogP) is 4.19. The summed E-state index contributed by atoms with van der Waals surface area (Å²) in [4.78, 5) is 24.8. The monoisotopic (exact) mass is 380 g/mol. The van der Waals surface area contributed by atoms with Gasteiger partial charge < -0.3 is 15.4 Å². The lowest BCUT2D eigenvalue weighted by molar-refractivity contribution is -0.117. The van der Waals surface area contributed by atoms with E-state index in [0.717, 1.165) is 0 Å². The van der Waals surface area contributed by atoms with E-state index in [-0.39, 0.29) is 11.8 Å². The lowest BCUT2D eigenvalue weighted by Crippen LogP contribution is -2.41. The third-order valence-electron chi connectivity index (χ3n) is 3.26. The first-order valence-electron chi connectivity index (χ1n) is 7.94. The van der Waals surface area contributed by atoms with Crippen LogP contribution in [0.5, 0.6) is 5.75 Å². The van der Waals surface area contributed by atoms with Crippen molar-refractivity contribution in [3.63, 3.8) is 0 Å². The average molecular weight is 381 g/mol. The quantitative estimate of drug-likeness (QED) is 0.756. The minimum absolute atomic E-state index is 0.270. The van der Waals surface area contributed by atoms with Crippen LogP contribution in [0.3, 0.4) is 0 Å². The molecule has 1 atom stereocenters. The normalized spacial score (nSPS) is 11.9. The fourth-order valence-electron chi connectivity index (χ4n) is 1.94. The molecule has 2 amide bonds. The number of amides is 2. The lowest BCUT2D eigenvalue weighted by Gasteiger charge is -2.15. The number of hydrogen-bond donors (Lipinski definition) is 2. The maximum absolute atomic E-state index is 12.2. The van der Waals surface area contributed by atoms with E-state index in [1.807, 2.05) is 19.2 Å². The Morgan fingerprint density at radius 2 is 2.00 bits per heavy atom. The van der Waals surface area contributed by atoms with Gasteiger partial charge in [-0.05, 0) is 42.5 Å². The van der Waals surface area contributed by atoms with E-state index in [1.54, 1.807) is 37.3 Å². The van der Waals surface area contributed by atoms with Crippen molar-refractivity contribution in [3.8, 4) is 5.75 Å².